The second-order valence-electron chi connectivity index (χ2n) is 3.76. The van der Waals surface area contributed by atoms with Gasteiger partial charge in [-0.15, -0.1) is 5.10 Å². The van der Waals surface area contributed by atoms with E-state index < -0.39 is 24.3 Å². The topological polar surface area (TPSA) is 80.9 Å². The van der Waals surface area contributed by atoms with Crippen LogP contribution in [-0.4, -0.2) is 31.3 Å². The summed E-state index contributed by atoms with van der Waals surface area (Å²) in [6, 6.07) is 3.13. The molecule has 0 unspecified atom stereocenters. The zero-order valence-corrected chi connectivity index (χ0v) is 12.4. The molecule has 11 heteroatoms. The summed E-state index contributed by atoms with van der Waals surface area (Å²) >= 11 is 4.00. The number of tetrazole rings is 1. The molecule has 1 N–H and O–H groups in total. The Morgan fingerprint density at radius 1 is 1.43 bits per heavy atom. The Morgan fingerprint density at radius 3 is 2.71 bits per heavy atom. The molecule has 0 aliphatic carbocycles. The average Bonchev–Trinajstić information content (AvgIpc) is 2.77. The van der Waals surface area contributed by atoms with E-state index in [1.54, 1.807) is 0 Å². The number of hydrogen-bond donors (Lipinski definition) is 1. The standard InChI is InChI=1S/C10H6BrF3N4O2S/c11-6-3-5(10(12,13)14)1-2-7(6)21-9-15-16-17-18(9)4-8(19)20/h1-3H,4H2,(H,19,20). The van der Waals surface area contributed by atoms with E-state index in [0.717, 1.165) is 28.6 Å². The lowest BCUT2D eigenvalue weighted by atomic mass is 10.2. The normalized spacial score (nSPS) is 11.6. The van der Waals surface area contributed by atoms with Gasteiger partial charge in [-0.3, -0.25) is 4.79 Å². The summed E-state index contributed by atoms with van der Waals surface area (Å²) < 4.78 is 38.9. The fourth-order valence-corrected chi connectivity index (χ4v) is 2.75. The van der Waals surface area contributed by atoms with Crippen LogP contribution in [0.25, 0.3) is 0 Å². The molecule has 0 aliphatic heterocycles. The lowest BCUT2D eigenvalue weighted by molar-refractivity contribution is -0.138. The highest BCUT2D eigenvalue weighted by Gasteiger charge is 2.31. The molecular formula is C10H6BrF3N4O2S. The van der Waals surface area contributed by atoms with Gasteiger partial charge in [0.15, 0.2) is 0 Å². The van der Waals surface area contributed by atoms with Crippen LogP contribution in [0.3, 0.4) is 0 Å². The lowest BCUT2D eigenvalue weighted by Crippen LogP contribution is -2.11. The average molecular weight is 383 g/mol. The van der Waals surface area contributed by atoms with Crippen molar-refractivity contribution >= 4 is 33.7 Å². The third kappa shape index (κ3) is 3.94. The van der Waals surface area contributed by atoms with Crippen LogP contribution in [0.15, 0.2) is 32.7 Å². The van der Waals surface area contributed by atoms with E-state index in [0.29, 0.717) is 4.90 Å². The summed E-state index contributed by atoms with van der Waals surface area (Å²) in [6.07, 6.45) is -4.43. The maximum Gasteiger partial charge on any atom is 0.416 e. The van der Waals surface area contributed by atoms with Crippen LogP contribution in [-0.2, 0) is 17.5 Å². The molecule has 0 saturated heterocycles. The maximum atomic E-state index is 12.6. The van der Waals surface area contributed by atoms with Crippen molar-refractivity contribution in [1.29, 1.82) is 0 Å². The Hall–Kier alpha value is -1.62. The second-order valence-corrected chi connectivity index (χ2v) is 5.62. The SMILES string of the molecule is O=C(O)Cn1nnnc1Sc1ccc(C(F)(F)F)cc1Br. The first kappa shape index (κ1) is 15.8. The number of carboxylic acids is 1. The first-order valence-electron chi connectivity index (χ1n) is 5.30. The number of aliphatic carboxylic acids is 1. The zero-order chi connectivity index (χ0) is 15.6. The molecule has 0 bridgehead atoms. The lowest BCUT2D eigenvalue weighted by Gasteiger charge is -2.09. The van der Waals surface area contributed by atoms with Crippen molar-refractivity contribution in [3.63, 3.8) is 0 Å². The highest BCUT2D eigenvalue weighted by molar-refractivity contribution is 9.10. The Balaban J connectivity index is 2.25. The molecule has 0 fully saturated rings. The van der Waals surface area contributed by atoms with Crippen molar-refractivity contribution < 1.29 is 23.1 Å². The van der Waals surface area contributed by atoms with Crippen molar-refractivity contribution in [2.75, 3.05) is 0 Å². The van der Waals surface area contributed by atoms with Crippen molar-refractivity contribution in [2.45, 2.75) is 22.8 Å². The highest BCUT2D eigenvalue weighted by atomic mass is 79.9. The predicted octanol–water partition coefficient (Wildman–Crippen LogP) is 2.69. The van der Waals surface area contributed by atoms with E-state index in [4.69, 9.17) is 5.11 Å². The summed E-state index contributed by atoms with van der Waals surface area (Å²) in [5.74, 6) is -1.13. The van der Waals surface area contributed by atoms with Gasteiger partial charge in [-0.25, -0.2) is 4.68 Å². The smallest absolute Gasteiger partial charge is 0.416 e. The van der Waals surface area contributed by atoms with E-state index in [9.17, 15) is 18.0 Å². The number of carbonyl (C=O) groups is 1. The molecule has 0 radical (unpaired) electrons. The third-order valence-corrected chi connectivity index (χ3v) is 4.21. The van der Waals surface area contributed by atoms with Gasteiger partial charge in [-0.2, -0.15) is 13.2 Å². The molecule has 1 heterocycles. The predicted molar refractivity (Wildman–Crippen MR) is 68.7 cm³/mol. The van der Waals surface area contributed by atoms with E-state index in [2.05, 4.69) is 31.5 Å². The van der Waals surface area contributed by atoms with E-state index >= 15 is 0 Å². The molecule has 1 aromatic heterocycles. The molecule has 6 nitrogen and oxygen atoms in total. The van der Waals surface area contributed by atoms with Gasteiger partial charge in [0.2, 0.25) is 5.16 Å². The quantitative estimate of drug-likeness (QED) is 0.875. The number of nitrogens with zero attached hydrogens (tertiary/aromatic N) is 4. The van der Waals surface area contributed by atoms with Gasteiger partial charge in [0.25, 0.3) is 0 Å². The fourth-order valence-electron chi connectivity index (χ4n) is 1.36. The number of carboxylic acid groups (broad SMARTS) is 1. The van der Waals surface area contributed by atoms with Crippen molar-refractivity contribution in [2.24, 2.45) is 0 Å². The van der Waals surface area contributed by atoms with Crippen LogP contribution in [0.5, 0.6) is 0 Å². The largest absolute Gasteiger partial charge is 0.480 e. The van der Waals surface area contributed by atoms with Crippen LogP contribution in [0, 0.1) is 0 Å². The Morgan fingerprint density at radius 2 is 2.14 bits per heavy atom. The van der Waals surface area contributed by atoms with Crippen LogP contribution in [0.4, 0.5) is 13.2 Å². The molecule has 0 atom stereocenters. The van der Waals surface area contributed by atoms with Gasteiger partial charge < -0.3 is 5.11 Å². The summed E-state index contributed by atoms with van der Waals surface area (Å²) in [6.45, 7) is -0.437. The molecule has 1 aromatic carbocycles. The molecule has 0 saturated carbocycles. The first-order chi connectivity index (χ1) is 9.77. The molecule has 2 rings (SSSR count). The molecule has 112 valence electrons. The monoisotopic (exact) mass is 382 g/mol. The van der Waals surface area contributed by atoms with Crippen molar-refractivity contribution in [1.82, 2.24) is 20.2 Å². The van der Waals surface area contributed by atoms with Gasteiger partial charge in [0.1, 0.15) is 6.54 Å². The minimum atomic E-state index is -4.43. The van der Waals surface area contributed by atoms with Gasteiger partial charge in [-0.1, -0.05) is 0 Å². The maximum absolute atomic E-state index is 12.6. The number of hydrogen-bond acceptors (Lipinski definition) is 5. The van der Waals surface area contributed by atoms with Gasteiger partial charge >= 0.3 is 12.1 Å². The molecular weight excluding hydrogens is 377 g/mol. The number of rotatable bonds is 4. The van der Waals surface area contributed by atoms with E-state index in [1.807, 2.05) is 0 Å². The number of alkyl halides is 3. The summed E-state index contributed by atoms with van der Waals surface area (Å²) in [5, 5.41) is 19.3. The summed E-state index contributed by atoms with van der Waals surface area (Å²) in [5.41, 5.74) is -0.788. The third-order valence-electron chi connectivity index (χ3n) is 2.24. The second kappa shape index (κ2) is 6.02. The van der Waals surface area contributed by atoms with Crippen LogP contribution >= 0.6 is 27.7 Å². The minimum Gasteiger partial charge on any atom is -0.480 e. The van der Waals surface area contributed by atoms with Crippen LogP contribution in [0.1, 0.15) is 5.56 Å². The number of halogens is 4. The van der Waals surface area contributed by atoms with Crippen LogP contribution in [0.2, 0.25) is 0 Å². The summed E-state index contributed by atoms with van der Waals surface area (Å²) in [7, 11) is 0. The minimum absolute atomic E-state index is 0.165. The number of aromatic nitrogens is 4. The van der Waals surface area contributed by atoms with Gasteiger partial charge in [0.05, 0.1) is 5.56 Å². The molecule has 0 amide bonds. The first-order valence-corrected chi connectivity index (χ1v) is 6.91. The Kier molecular flexibility index (Phi) is 4.52. The molecule has 0 aliphatic rings. The zero-order valence-electron chi connectivity index (χ0n) is 10.0. The highest BCUT2D eigenvalue weighted by Crippen LogP contribution is 2.37. The van der Waals surface area contributed by atoms with Gasteiger partial charge in [0, 0.05) is 9.37 Å². The molecule has 21 heavy (non-hydrogen) atoms. The number of benzene rings is 1. The van der Waals surface area contributed by atoms with E-state index in [-0.39, 0.29) is 9.63 Å². The fraction of sp³-hybridized carbons (Fsp3) is 0.200. The van der Waals surface area contributed by atoms with E-state index in [1.165, 1.54) is 6.07 Å². The molecule has 0 spiro atoms. The summed E-state index contributed by atoms with van der Waals surface area (Å²) in [4.78, 5) is 11.1. The van der Waals surface area contributed by atoms with Crippen LogP contribution < -0.4 is 0 Å². The van der Waals surface area contributed by atoms with Crippen molar-refractivity contribution in [3.8, 4) is 0 Å². The van der Waals surface area contributed by atoms with Gasteiger partial charge in [-0.05, 0) is 56.3 Å². The van der Waals surface area contributed by atoms with Crippen molar-refractivity contribution in [3.05, 3.63) is 28.2 Å². The Bertz CT molecular complexity index is 677. The Labute approximate surface area is 128 Å². The molecule has 2 aromatic rings.